The van der Waals surface area contributed by atoms with Crippen molar-refractivity contribution in [3.05, 3.63) is 54.1 Å². The molecule has 0 saturated heterocycles. The molecule has 0 aliphatic rings. The predicted octanol–water partition coefficient (Wildman–Crippen LogP) is 6.60. The van der Waals surface area contributed by atoms with E-state index in [4.69, 9.17) is 0 Å². The van der Waals surface area contributed by atoms with Crippen molar-refractivity contribution in [3.63, 3.8) is 0 Å². The summed E-state index contributed by atoms with van der Waals surface area (Å²) in [5, 5.41) is 15.0. The van der Waals surface area contributed by atoms with Crippen LogP contribution in [0, 0.1) is 0 Å². The second-order valence-electron chi connectivity index (χ2n) is 6.51. The molecule has 1 nitrogen and oxygen atoms in total. The largest absolute Gasteiger partial charge is 0.507 e. The lowest BCUT2D eigenvalue weighted by molar-refractivity contribution is 0.480. The number of aryl methyl sites for hydroxylation is 1. The van der Waals surface area contributed by atoms with Crippen molar-refractivity contribution in [2.24, 2.45) is 0 Å². The van der Waals surface area contributed by atoms with Gasteiger partial charge in [-0.2, -0.15) is 0 Å². The minimum Gasteiger partial charge on any atom is -0.507 e. The topological polar surface area (TPSA) is 20.2 Å². The third-order valence-corrected chi connectivity index (χ3v) is 4.72. The Balaban J connectivity index is 1.80. The highest BCUT2D eigenvalue weighted by atomic mass is 16.3. The van der Waals surface area contributed by atoms with E-state index >= 15 is 0 Å². The molecule has 3 aromatic carbocycles. The van der Waals surface area contributed by atoms with Crippen LogP contribution in [0.4, 0.5) is 0 Å². The van der Waals surface area contributed by atoms with Crippen LogP contribution in [0.3, 0.4) is 0 Å². The first kappa shape index (κ1) is 15.9. The Bertz CT molecular complexity index is 788. The normalized spacial score (nSPS) is 11.3. The van der Waals surface area contributed by atoms with Crippen LogP contribution >= 0.6 is 0 Å². The van der Waals surface area contributed by atoms with Crippen LogP contribution in [0.2, 0.25) is 0 Å². The molecule has 1 heteroatoms. The zero-order valence-corrected chi connectivity index (χ0v) is 14.0. The van der Waals surface area contributed by atoms with Gasteiger partial charge in [-0.05, 0) is 40.6 Å². The maximum Gasteiger partial charge on any atom is 0.123 e. The highest BCUT2D eigenvalue weighted by molar-refractivity contribution is 6.09. The molecule has 0 aliphatic carbocycles. The van der Waals surface area contributed by atoms with E-state index < -0.39 is 0 Å². The van der Waals surface area contributed by atoms with Crippen molar-refractivity contribution < 1.29 is 5.11 Å². The van der Waals surface area contributed by atoms with Crippen LogP contribution in [-0.4, -0.2) is 5.11 Å². The monoisotopic (exact) mass is 306 g/mol. The van der Waals surface area contributed by atoms with Crippen molar-refractivity contribution in [2.45, 2.75) is 51.9 Å². The van der Waals surface area contributed by atoms with Crippen LogP contribution in [0.1, 0.15) is 51.0 Å². The Hall–Kier alpha value is -2.02. The number of hydrogen-bond donors (Lipinski definition) is 1. The van der Waals surface area contributed by atoms with Gasteiger partial charge in [-0.1, -0.05) is 81.5 Å². The number of aromatic hydroxyl groups is 1. The van der Waals surface area contributed by atoms with E-state index in [9.17, 15) is 5.11 Å². The van der Waals surface area contributed by atoms with Gasteiger partial charge in [-0.15, -0.1) is 0 Å². The summed E-state index contributed by atoms with van der Waals surface area (Å²) in [4.78, 5) is 0. The van der Waals surface area contributed by atoms with Gasteiger partial charge in [-0.25, -0.2) is 0 Å². The number of phenolic OH excluding ortho intramolecular Hbond substituents is 1. The molecule has 0 spiro atoms. The van der Waals surface area contributed by atoms with E-state index in [-0.39, 0.29) is 0 Å². The minimum absolute atomic E-state index is 0.411. The molecule has 120 valence electrons. The molecule has 0 fully saturated rings. The smallest absolute Gasteiger partial charge is 0.123 e. The SMILES string of the molecule is CCCCCCCCc1cc(O)c2ccc3ccccc3c2c1. The molecular weight excluding hydrogens is 280 g/mol. The molecule has 3 rings (SSSR count). The summed E-state index contributed by atoms with van der Waals surface area (Å²) in [7, 11) is 0. The quantitative estimate of drug-likeness (QED) is 0.385. The molecule has 0 bridgehead atoms. The first-order valence-corrected chi connectivity index (χ1v) is 8.93. The molecule has 0 atom stereocenters. The Kier molecular flexibility index (Phi) is 5.17. The number of rotatable bonds is 7. The summed E-state index contributed by atoms with van der Waals surface area (Å²) in [5.74, 6) is 0.411. The Labute approximate surface area is 139 Å². The van der Waals surface area contributed by atoms with E-state index in [0.717, 1.165) is 11.8 Å². The van der Waals surface area contributed by atoms with E-state index in [0.29, 0.717) is 5.75 Å². The minimum atomic E-state index is 0.411. The third kappa shape index (κ3) is 3.67. The van der Waals surface area contributed by atoms with Gasteiger partial charge < -0.3 is 5.11 Å². The molecule has 0 aliphatic heterocycles. The molecule has 3 aromatic rings. The number of benzene rings is 3. The van der Waals surface area contributed by atoms with Crippen LogP contribution < -0.4 is 0 Å². The van der Waals surface area contributed by atoms with Crippen LogP contribution in [0.15, 0.2) is 48.5 Å². The predicted molar refractivity (Wildman–Crippen MR) is 100 cm³/mol. The highest BCUT2D eigenvalue weighted by Crippen LogP contribution is 2.32. The summed E-state index contributed by atoms with van der Waals surface area (Å²) in [6.07, 6.45) is 8.88. The molecule has 0 unspecified atom stereocenters. The Morgan fingerprint density at radius 3 is 2.39 bits per heavy atom. The molecular formula is C22H26O. The van der Waals surface area contributed by atoms with Crippen molar-refractivity contribution in [1.29, 1.82) is 0 Å². The lowest BCUT2D eigenvalue weighted by Crippen LogP contribution is -1.88. The standard InChI is InChI=1S/C22H26O/c1-2-3-4-5-6-7-10-17-15-21-19-12-9-8-11-18(19)13-14-20(21)22(23)16-17/h8-9,11-16,23H,2-7,10H2,1H3. The number of unbranched alkanes of at least 4 members (excludes halogenated alkanes) is 5. The molecule has 0 amide bonds. The highest BCUT2D eigenvalue weighted by Gasteiger charge is 2.06. The Morgan fingerprint density at radius 2 is 1.52 bits per heavy atom. The third-order valence-electron chi connectivity index (χ3n) is 4.72. The Morgan fingerprint density at radius 1 is 0.739 bits per heavy atom. The van der Waals surface area contributed by atoms with E-state index in [1.165, 1.54) is 60.2 Å². The molecule has 1 N–H and O–H groups in total. The summed E-state index contributed by atoms with van der Waals surface area (Å²) >= 11 is 0. The number of hydrogen-bond acceptors (Lipinski definition) is 1. The van der Waals surface area contributed by atoms with Crippen molar-refractivity contribution in [3.8, 4) is 5.75 Å². The lowest BCUT2D eigenvalue weighted by atomic mass is 9.97. The number of fused-ring (bicyclic) bond motifs is 3. The first-order valence-electron chi connectivity index (χ1n) is 8.93. The van der Waals surface area contributed by atoms with Gasteiger partial charge in [0.25, 0.3) is 0 Å². The van der Waals surface area contributed by atoms with Crippen molar-refractivity contribution in [2.75, 3.05) is 0 Å². The maximum absolute atomic E-state index is 10.4. The summed E-state index contributed by atoms with van der Waals surface area (Å²) in [6, 6.07) is 16.7. The van der Waals surface area contributed by atoms with E-state index in [1.807, 2.05) is 12.1 Å². The maximum atomic E-state index is 10.4. The van der Waals surface area contributed by atoms with Gasteiger partial charge in [0, 0.05) is 5.39 Å². The van der Waals surface area contributed by atoms with Gasteiger partial charge >= 0.3 is 0 Å². The fourth-order valence-corrected chi connectivity index (χ4v) is 3.41. The summed E-state index contributed by atoms with van der Waals surface area (Å²) in [6.45, 7) is 2.25. The van der Waals surface area contributed by atoms with E-state index in [2.05, 4.69) is 43.3 Å². The fourth-order valence-electron chi connectivity index (χ4n) is 3.41. The van der Waals surface area contributed by atoms with Gasteiger partial charge in [0.15, 0.2) is 0 Å². The van der Waals surface area contributed by atoms with Crippen molar-refractivity contribution >= 4 is 21.5 Å². The van der Waals surface area contributed by atoms with E-state index in [1.54, 1.807) is 0 Å². The second-order valence-corrected chi connectivity index (χ2v) is 6.51. The molecule has 23 heavy (non-hydrogen) atoms. The molecule has 0 heterocycles. The zero-order valence-electron chi connectivity index (χ0n) is 14.0. The second kappa shape index (κ2) is 7.50. The first-order chi connectivity index (χ1) is 11.3. The average Bonchev–Trinajstić information content (AvgIpc) is 2.58. The summed E-state index contributed by atoms with van der Waals surface area (Å²) < 4.78 is 0. The van der Waals surface area contributed by atoms with Gasteiger partial charge in [0.05, 0.1) is 0 Å². The number of phenols is 1. The zero-order chi connectivity index (χ0) is 16.1. The van der Waals surface area contributed by atoms with Gasteiger partial charge in [0.1, 0.15) is 5.75 Å². The molecule has 0 radical (unpaired) electrons. The lowest BCUT2D eigenvalue weighted by Gasteiger charge is -2.09. The molecule has 0 aromatic heterocycles. The van der Waals surface area contributed by atoms with Crippen molar-refractivity contribution in [1.82, 2.24) is 0 Å². The van der Waals surface area contributed by atoms with Gasteiger partial charge in [-0.3, -0.25) is 0 Å². The molecule has 0 saturated carbocycles. The summed E-state index contributed by atoms with van der Waals surface area (Å²) in [5.41, 5.74) is 1.25. The average molecular weight is 306 g/mol. The fraction of sp³-hybridized carbons (Fsp3) is 0.364. The van der Waals surface area contributed by atoms with Gasteiger partial charge in [0.2, 0.25) is 0 Å². The van der Waals surface area contributed by atoms with Crippen LogP contribution in [0.5, 0.6) is 5.75 Å². The van der Waals surface area contributed by atoms with Crippen LogP contribution in [0.25, 0.3) is 21.5 Å². The van der Waals surface area contributed by atoms with Crippen LogP contribution in [-0.2, 0) is 6.42 Å².